The van der Waals surface area contributed by atoms with E-state index in [1.807, 2.05) is 32.3 Å². The van der Waals surface area contributed by atoms with Crippen molar-refractivity contribution in [1.29, 1.82) is 0 Å². The number of nitrogens with zero attached hydrogens (tertiary/aromatic N) is 2. The summed E-state index contributed by atoms with van der Waals surface area (Å²) in [5, 5.41) is 10.6. The highest BCUT2D eigenvalue weighted by atomic mass is 32.2. The fourth-order valence-electron chi connectivity index (χ4n) is 6.25. The summed E-state index contributed by atoms with van der Waals surface area (Å²) in [4.78, 5) is 84.2. The minimum atomic E-state index is -1.10. The van der Waals surface area contributed by atoms with Gasteiger partial charge in [0.25, 0.3) is 5.91 Å². The quantitative estimate of drug-likeness (QED) is 0.239. The standard InChI is InChI=1S/C31H46N6O6S/c1-31(2,3)25(36-30(43)35-22(19-9-5-4-6-10-19)24(39)28-33-14-8-16-44-28)29(42)37-15-7-11-21(37)27(41)34-20(17-18-12-13-18)23(38)26(32)40/h8,16,18-22,25H,4-7,9-15,17H2,1-3H3,(H2,32,40)(H,34,41)(H2,35,36,43). The monoisotopic (exact) mass is 630 g/mol. The van der Waals surface area contributed by atoms with E-state index in [4.69, 9.17) is 5.73 Å². The number of likely N-dealkylation sites (tertiary alicyclic amines) is 1. The zero-order valence-corrected chi connectivity index (χ0v) is 26.8. The lowest BCUT2D eigenvalue weighted by molar-refractivity contribution is -0.143. The van der Waals surface area contributed by atoms with E-state index in [9.17, 15) is 28.8 Å². The number of carbonyl (C=O) groups is 6. The Morgan fingerprint density at radius 1 is 0.977 bits per heavy atom. The lowest BCUT2D eigenvalue weighted by atomic mass is 9.82. The zero-order valence-electron chi connectivity index (χ0n) is 25.9. The third kappa shape index (κ3) is 8.70. The number of nitrogens with one attached hydrogen (secondary N) is 3. The number of carbonyl (C=O) groups excluding carboxylic acids is 6. The van der Waals surface area contributed by atoms with Crippen LogP contribution in [0, 0.1) is 17.3 Å². The molecule has 4 unspecified atom stereocenters. The maximum atomic E-state index is 14.0. The van der Waals surface area contributed by atoms with Crippen LogP contribution >= 0.6 is 11.8 Å². The number of nitrogens with two attached hydrogens (primary N) is 1. The van der Waals surface area contributed by atoms with Crippen molar-refractivity contribution in [2.45, 2.75) is 109 Å². The molecule has 5 amide bonds. The summed E-state index contributed by atoms with van der Waals surface area (Å²) in [7, 11) is 0. The third-order valence-electron chi connectivity index (χ3n) is 8.89. The van der Waals surface area contributed by atoms with Crippen molar-refractivity contribution >= 4 is 52.1 Å². The molecule has 2 aliphatic heterocycles. The predicted molar refractivity (Wildman–Crippen MR) is 168 cm³/mol. The molecular formula is C31H46N6O6S. The molecule has 4 atom stereocenters. The van der Waals surface area contributed by atoms with E-state index < -0.39 is 59.1 Å². The molecule has 0 aromatic rings. The number of urea groups is 1. The van der Waals surface area contributed by atoms with E-state index in [2.05, 4.69) is 20.9 Å². The Balaban J connectivity index is 1.46. The van der Waals surface area contributed by atoms with Crippen LogP contribution in [0.5, 0.6) is 0 Å². The summed E-state index contributed by atoms with van der Waals surface area (Å²) >= 11 is 1.25. The molecule has 2 saturated carbocycles. The summed E-state index contributed by atoms with van der Waals surface area (Å²) in [5.74, 6) is -2.89. The van der Waals surface area contributed by atoms with Crippen LogP contribution in [0.1, 0.15) is 85.0 Å². The number of amides is 5. The van der Waals surface area contributed by atoms with Gasteiger partial charge in [0, 0.05) is 6.54 Å². The normalized spacial score (nSPS) is 22.8. The number of hydrogen-bond acceptors (Lipinski definition) is 8. The van der Waals surface area contributed by atoms with E-state index in [0.717, 1.165) is 44.9 Å². The molecule has 2 aliphatic carbocycles. The van der Waals surface area contributed by atoms with E-state index in [1.54, 1.807) is 0 Å². The van der Waals surface area contributed by atoms with Crippen molar-refractivity contribution in [2.75, 3.05) is 13.1 Å². The molecule has 2 heterocycles. The van der Waals surface area contributed by atoms with Crippen LogP contribution in [0.3, 0.4) is 0 Å². The number of thioether (sulfide) groups is 1. The number of ketones is 2. The fraction of sp³-hybridized carbons (Fsp3) is 0.710. The first-order valence-corrected chi connectivity index (χ1v) is 16.7. The van der Waals surface area contributed by atoms with Crippen molar-refractivity contribution in [3.63, 3.8) is 0 Å². The molecule has 4 rings (SSSR count). The SMILES string of the molecule is CC(C)(C)C(NC(=O)NC(C(=O)C1=NCC=CS1)C1CCCCC1)C(=O)N1CCCC1C(=O)NC(CC1CC1)C(=O)C(N)=O. The summed E-state index contributed by atoms with van der Waals surface area (Å²) < 4.78 is 0. The second kappa shape index (κ2) is 14.7. The number of hydrogen-bond donors (Lipinski definition) is 4. The largest absolute Gasteiger partial charge is 0.363 e. The summed E-state index contributed by atoms with van der Waals surface area (Å²) in [6, 6.07) is -4.28. The molecule has 0 aromatic carbocycles. The van der Waals surface area contributed by atoms with E-state index in [0.29, 0.717) is 37.4 Å². The number of primary amides is 1. The average molecular weight is 631 g/mol. The summed E-state index contributed by atoms with van der Waals surface area (Å²) in [6.45, 7) is 6.18. The van der Waals surface area contributed by atoms with Gasteiger partial charge >= 0.3 is 6.03 Å². The summed E-state index contributed by atoms with van der Waals surface area (Å²) in [6.07, 6.45) is 9.67. The van der Waals surface area contributed by atoms with Crippen LogP contribution in [-0.4, -0.2) is 82.5 Å². The highest BCUT2D eigenvalue weighted by Gasteiger charge is 2.44. The van der Waals surface area contributed by atoms with Crippen LogP contribution in [0.2, 0.25) is 0 Å². The van der Waals surface area contributed by atoms with Gasteiger partial charge in [-0.25, -0.2) is 4.79 Å². The van der Waals surface area contributed by atoms with Crippen molar-refractivity contribution in [3.8, 4) is 0 Å². The van der Waals surface area contributed by atoms with Crippen LogP contribution in [0.4, 0.5) is 4.79 Å². The lowest BCUT2D eigenvalue weighted by Gasteiger charge is -2.36. The van der Waals surface area contributed by atoms with Crippen LogP contribution < -0.4 is 21.7 Å². The van der Waals surface area contributed by atoms with Crippen LogP contribution in [0.15, 0.2) is 16.5 Å². The first kappa shape index (κ1) is 33.7. The molecule has 242 valence electrons. The van der Waals surface area contributed by atoms with Gasteiger partial charge in [0.1, 0.15) is 17.1 Å². The molecule has 0 bridgehead atoms. The van der Waals surface area contributed by atoms with Crippen molar-refractivity contribution < 1.29 is 28.8 Å². The predicted octanol–water partition coefficient (Wildman–Crippen LogP) is 2.21. The summed E-state index contributed by atoms with van der Waals surface area (Å²) in [5.41, 5.74) is 4.50. The van der Waals surface area contributed by atoms with Gasteiger partial charge in [-0.3, -0.25) is 29.0 Å². The molecule has 0 aromatic heterocycles. The van der Waals surface area contributed by atoms with Gasteiger partial charge < -0.3 is 26.6 Å². The Labute approximate surface area is 263 Å². The Morgan fingerprint density at radius 3 is 2.27 bits per heavy atom. The molecule has 44 heavy (non-hydrogen) atoms. The second-order valence-corrected chi connectivity index (χ2v) is 14.3. The third-order valence-corrected chi connectivity index (χ3v) is 9.77. The van der Waals surface area contributed by atoms with Crippen LogP contribution in [0.25, 0.3) is 0 Å². The molecule has 4 aliphatic rings. The lowest BCUT2D eigenvalue weighted by Crippen LogP contribution is -2.61. The topological polar surface area (TPSA) is 180 Å². The van der Waals surface area contributed by atoms with Gasteiger partial charge in [-0.1, -0.05) is 70.7 Å². The maximum absolute atomic E-state index is 14.0. The van der Waals surface area contributed by atoms with Gasteiger partial charge in [0.15, 0.2) is 0 Å². The van der Waals surface area contributed by atoms with Gasteiger partial charge in [-0.05, 0) is 54.8 Å². The molecule has 13 heteroatoms. The average Bonchev–Trinajstić information content (AvgIpc) is 3.68. The van der Waals surface area contributed by atoms with E-state index in [-0.39, 0.29) is 17.6 Å². The van der Waals surface area contributed by atoms with Gasteiger partial charge in [-0.2, -0.15) is 0 Å². The molecule has 3 fully saturated rings. The minimum absolute atomic E-state index is 0.0293. The highest BCUT2D eigenvalue weighted by molar-refractivity contribution is 8.18. The number of aliphatic imine (C=N–C) groups is 1. The fourth-order valence-corrected chi connectivity index (χ4v) is 6.96. The van der Waals surface area contributed by atoms with Gasteiger partial charge in [0.2, 0.25) is 23.4 Å². The second-order valence-electron chi connectivity index (χ2n) is 13.5. The first-order valence-electron chi connectivity index (χ1n) is 15.8. The Kier molecular flexibility index (Phi) is 11.3. The smallest absolute Gasteiger partial charge is 0.316 e. The molecule has 1 saturated heterocycles. The van der Waals surface area contributed by atoms with Crippen molar-refractivity contribution in [1.82, 2.24) is 20.9 Å². The number of rotatable bonds is 12. The molecule has 0 radical (unpaired) electrons. The Bertz CT molecular complexity index is 1200. The van der Waals surface area contributed by atoms with Gasteiger partial charge in [-0.15, -0.1) is 0 Å². The maximum Gasteiger partial charge on any atom is 0.316 e. The highest BCUT2D eigenvalue weighted by Crippen LogP contribution is 2.34. The Morgan fingerprint density at radius 2 is 1.68 bits per heavy atom. The molecule has 0 spiro atoms. The van der Waals surface area contributed by atoms with Crippen molar-refractivity contribution in [2.24, 2.45) is 28.0 Å². The molecule has 5 N–H and O–H groups in total. The Hall–Kier alpha value is -3.22. The molecule has 12 nitrogen and oxygen atoms in total. The van der Waals surface area contributed by atoms with Crippen molar-refractivity contribution in [3.05, 3.63) is 11.5 Å². The van der Waals surface area contributed by atoms with Crippen LogP contribution in [-0.2, 0) is 24.0 Å². The zero-order chi connectivity index (χ0) is 32.0. The minimum Gasteiger partial charge on any atom is -0.363 e. The van der Waals surface area contributed by atoms with Gasteiger partial charge in [0.05, 0.1) is 18.6 Å². The molecular weight excluding hydrogens is 584 g/mol. The first-order chi connectivity index (χ1) is 20.9. The number of Topliss-reactive ketones (excluding diaryl/α,β-unsaturated/α-hetero) is 2. The van der Waals surface area contributed by atoms with E-state index >= 15 is 0 Å². The van der Waals surface area contributed by atoms with E-state index in [1.165, 1.54) is 16.7 Å².